The number of ether oxygens (including phenoxy) is 1. The third-order valence-electron chi connectivity index (χ3n) is 4.41. The summed E-state index contributed by atoms with van der Waals surface area (Å²) in [6.07, 6.45) is 0. The van der Waals surface area contributed by atoms with E-state index < -0.39 is 0 Å². The number of anilines is 2. The number of hydrogen-bond donors (Lipinski definition) is 1. The van der Waals surface area contributed by atoms with Crippen molar-refractivity contribution in [2.24, 2.45) is 0 Å². The first-order chi connectivity index (χ1) is 13.5. The maximum Gasteiger partial charge on any atom is 0.194 e. The van der Waals surface area contributed by atoms with Crippen LogP contribution in [0.15, 0.2) is 65.1 Å². The molecule has 28 heavy (non-hydrogen) atoms. The van der Waals surface area contributed by atoms with Crippen LogP contribution in [0.3, 0.4) is 0 Å². The van der Waals surface area contributed by atoms with E-state index in [4.69, 9.17) is 16.3 Å². The number of halogens is 2. The third kappa shape index (κ3) is 4.82. The van der Waals surface area contributed by atoms with Crippen molar-refractivity contribution in [2.75, 3.05) is 11.9 Å². The van der Waals surface area contributed by atoms with E-state index in [0.29, 0.717) is 29.4 Å². The molecule has 0 aliphatic rings. The second-order valence-electron chi connectivity index (χ2n) is 6.40. The van der Waals surface area contributed by atoms with E-state index in [-0.39, 0.29) is 5.78 Å². The molecule has 0 saturated carbocycles. The number of nitrogens with one attached hydrogen (secondary N) is 1. The molecular weight excluding hydrogens is 438 g/mol. The van der Waals surface area contributed by atoms with Crippen LogP contribution in [-0.4, -0.2) is 12.4 Å². The lowest BCUT2D eigenvalue weighted by Gasteiger charge is -2.14. The summed E-state index contributed by atoms with van der Waals surface area (Å²) in [6.45, 7) is 5.04. The molecule has 0 amide bonds. The van der Waals surface area contributed by atoms with Crippen molar-refractivity contribution >= 4 is 44.7 Å². The maximum absolute atomic E-state index is 12.8. The van der Waals surface area contributed by atoms with Gasteiger partial charge in [-0.3, -0.25) is 4.79 Å². The van der Waals surface area contributed by atoms with E-state index in [9.17, 15) is 4.79 Å². The van der Waals surface area contributed by atoms with Gasteiger partial charge in [0.1, 0.15) is 0 Å². The number of hydrogen-bond acceptors (Lipinski definition) is 3. The second kappa shape index (κ2) is 9.37. The molecule has 0 unspecified atom stereocenters. The summed E-state index contributed by atoms with van der Waals surface area (Å²) in [7, 11) is 0. The lowest BCUT2D eigenvalue weighted by molar-refractivity contribution is 0.103. The van der Waals surface area contributed by atoms with Gasteiger partial charge in [-0.1, -0.05) is 51.8 Å². The Morgan fingerprint density at radius 2 is 1.86 bits per heavy atom. The van der Waals surface area contributed by atoms with Crippen LogP contribution in [0.5, 0.6) is 0 Å². The Bertz CT molecular complexity index is 1000. The van der Waals surface area contributed by atoms with E-state index in [1.807, 2.05) is 62.4 Å². The van der Waals surface area contributed by atoms with Crippen LogP contribution in [0.2, 0.25) is 5.02 Å². The second-order valence-corrected chi connectivity index (χ2v) is 7.73. The van der Waals surface area contributed by atoms with Crippen molar-refractivity contribution < 1.29 is 9.53 Å². The lowest BCUT2D eigenvalue weighted by Crippen LogP contribution is -2.05. The highest BCUT2D eigenvalue weighted by Gasteiger charge is 2.15. The summed E-state index contributed by atoms with van der Waals surface area (Å²) in [6, 6.07) is 18.9. The van der Waals surface area contributed by atoms with Crippen molar-refractivity contribution in [3.63, 3.8) is 0 Å². The highest BCUT2D eigenvalue weighted by atomic mass is 79.9. The van der Waals surface area contributed by atoms with Gasteiger partial charge in [0.2, 0.25) is 0 Å². The Morgan fingerprint density at radius 1 is 1.07 bits per heavy atom. The Morgan fingerprint density at radius 3 is 2.57 bits per heavy atom. The number of ketones is 1. The summed E-state index contributed by atoms with van der Waals surface area (Å²) in [5.74, 6) is -0.0738. The van der Waals surface area contributed by atoms with Crippen molar-refractivity contribution in [1.29, 1.82) is 0 Å². The molecule has 0 aliphatic heterocycles. The van der Waals surface area contributed by atoms with Gasteiger partial charge in [-0.15, -0.1) is 0 Å². The molecule has 144 valence electrons. The molecule has 1 N–H and O–H groups in total. The van der Waals surface area contributed by atoms with Gasteiger partial charge < -0.3 is 10.1 Å². The predicted molar refractivity (Wildman–Crippen MR) is 119 cm³/mol. The average molecular weight is 459 g/mol. The molecule has 3 rings (SSSR count). The standard InChI is InChI=1S/C23H21BrClNO2/c1-3-28-14-16-12-17(24)8-11-22(16)26-18-9-10-20(21(25)13-18)23(27)19-7-5-4-6-15(19)2/h4-13,26H,3,14H2,1-2H3. The van der Waals surface area contributed by atoms with E-state index >= 15 is 0 Å². The third-order valence-corrected chi connectivity index (χ3v) is 5.22. The fraction of sp³-hybridized carbons (Fsp3) is 0.174. The first-order valence-corrected chi connectivity index (χ1v) is 10.2. The first kappa shape index (κ1) is 20.6. The molecule has 0 saturated heterocycles. The zero-order chi connectivity index (χ0) is 20.1. The SMILES string of the molecule is CCOCc1cc(Br)ccc1Nc1ccc(C(=O)c2ccccc2C)c(Cl)c1. The summed E-state index contributed by atoms with van der Waals surface area (Å²) < 4.78 is 6.55. The average Bonchev–Trinajstić information content (AvgIpc) is 2.68. The minimum absolute atomic E-state index is 0.0738. The van der Waals surface area contributed by atoms with Gasteiger partial charge in [-0.05, 0) is 55.8 Å². The quantitative estimate of drug-likeness (QED) is 0.390. The fourth-order valence-electron chi connectivity index (χ4n) is 2.92. The molecule has 0 fully saturated rings. The van der Waals surface area contributed by atoms with Crippen molar-refractivity contribution in [3.8, 4) is 0 Å². The normalized spacial score (nSPS) is 10.7. The number of carbonyl (C=O) groups excluding carboxylic acids is 1. The minimum atomic E-state index is -0.0738. The Balaban J connectivity index is 1.86. The van der Waals surface area contributed by atoms with Crippen molar-refractivity contribution in [1.82, 2.24) is 0 Å². The number of carbonyl (C=O) groups is 1. The van der Waals surface area contributed by atoms with Gasteiger partial charge in [0.15, 0.2) is 5.78 Å². The molecule has 5 heteroatoms. The monoisotopic (exact) mass is 457 g/mol. The Hall–Kier alpha value is -2.14. The lowest BCUT2D eigenvalue weighted by atomic mass is 9.99. The molecule has 0 aromatic heterocycles. The van der Waals surface area contributed by atoms with Gasteiger partial charge in [0.25, 0.3) is 0 Å². The number of aryl methyl sites for hydroxylation is 1. The Kier molecular flexibility index (Phi) is 6.89. The number of benzene rings is 3. The predicted octanol–water partition coefficient (Wildman–Crippen LogP) is 6.92. The fourth-order valence-corrected chi connectivity index (χ4v) is 3.60. The zero-order valence-corrected chi connectivity index (χ0v) is 18.1. The molecule has 3 nitrogen and oxygen atoms in total. The van der Waals surface area contributed by atoms with Crippen LogP contribution in [0.25, 0.3) is 0 Å². The Labute approximate surface area is 178 Å². The van der Waals surface area contributed by atoms with Crippen LogP contribution in [0, 0.1) is 6.92 Å². The van der Waals surface area contributed by atoms with Crippen LogP contribution < -0.4 is 5.32 Å². The molecule has 0 radical (unpaired) electrons. The minimum Gasteiger partial charge on any atom is -0.377 e. The highest BCUT2D eigenvalue weighted by Crippen LogP contribution is 2.29. The molecule has 0 atom stereocenters. The summed E-state index contributed by atoms with van der Waals surface area (Å²) in [4.78, 5) is 12.8. The van der Waals surface area contributed by atoms with Crippen molar-refractivity contribution in [3.05, 3.63) is 92.4 Å². The highest BCUT2D eigenvalue weighted by molar-refractivity contribution is 9.10. The molecule has 3 aromatic carbocycles. The maximum atomic E-state index is 12.8. The molecule has 0 spiro atoms. The summed E-state index contributed by atoms with van der Waals surface area (Å²) >= 11 is 9.95. The van der Waals surface area contributed by atoms with Gasteiger partial charge in [-0.25, -0.2) is 0 Å². The van der Waals surface area contributed by atoms with Crippen LogP contribution in [-0.2, 0) is 11.3 Å². The summed E-state index contributed by atoms with van der Waals surface area (Å²) in [5.41, 5.74) is 4.87. The first-order valence-electron chi connectivity index (χ1n) is 9.02. The molecule has 0 heterocycles. The van der Waals surface area contributed by atoms with Crippen LogP contribution >= 0.6 is 27.5 Å². The van der Waals surface area contributed by atoms with E-state index in [2.05, 4.69) is 21.2 Å². The number of rotatable bonds is 7. The van der Waals surface area contributed by atoms with Gasteiger partial charge in [0.05, 0.1) is 11.6 Å². The van der Waals surface area contributed by atoms with Crippen LogP contribution in [0.1, 0.15) is 34.0 Å². The smallest absolute Gasteiger partial charge is 0.194 e. The van der Waals surface area contributed by atoms with Crippen molar-refractivity contribution in [2.45, 2.75) is 20.5 Å². The van der Waals surface area contributed by atoms with E-state index in [1.54, 1.807) is 12.1 Å². The topological polar surface area (TPSA) is 38.3 Å². The largest absolute Gasteiger partial charge is 0.377 e. The molecule has 0 aliphatic carbocycles. The molecule has 3 aromatic rings. The van der Waals surface area contributed by atoms with Gasteiger partial charge in [-0.2, -0.15) is 0 Å². The zero-order valence-electron chi connectivity index (χ0n) is 15.8. The molecular formula is C23H21BrClNO2. The van der Waals surface area contributed by atoms with Crippen LogP contribution in [0.4, 0.5) is 11.4 Å². The van der Waals surface area contributed by atoms with Gasteiger partial charge in [0, 0.05) is 39.1 Å². The van der Waals surface area contributed by atoms with E-state index in [0.717, 1.165) is 27.0 Å². The molecule has 0 bridgehead atoms. The van der Waals surface area contributed by atoms with Gasteiger partial charge >= 0.3 is 0 Å². The van der Waals surface area contributed by atoms with E-state index in [1.165, 1.54) is 0 Å². The summed E-state index contributed by atoms with van der Waals surface area (Å²) in [5, 5.41) is 3.79.